The van der Waals surface area contributed by atoms with Crippen LogP contribution < -0.4 is 10.5 Å². The summed E-state index contributed by atoms with van der Waals surface area (Å²) in [5, 5.41) is 0. The minimum atomic E-state index is 0.149. The van der Waals surface area contributed by atoms with Crippen molar-refractivity contribution in [3.8, 4) is 5.75 Å². The molecule has 3 atom stereocenters. The predicted octanol–water partition coefficient (Wildman–Crippen LogP) is 4.44. The highest BCUT2D eigenvalue weighted by Gasteiger charge is 2.24. The normalized spacial score (nSPS) is 23.9. The van der Waals surface area contributed by atoms with Crippen molar-refractivity contribution in [1.29, 1.82) is 0 Å². The van der Waals surface area contributed by atoms with Crippen LogP contribution in [0.5, 0.6) is 5.75 Å². The van der Waals surface area contributed by atoms with E-state index in [9.17, 15) is 0 Å². The van der Waals surface area contributed by atoms with Gasteiger partial charge in [0.25, 0.3) is 0 Å². The maximum atomic E-state index is 6.20. The van der Waals surface area contributed by atoms with E-state index in [2.05, 4.69) is 44.0 Å². The Morgan fingerprint density at radius 1 is 1.24 bits per heavy atom. The number of halogens is 2. The fourth-order valence-corrected chi connectivity index (χ4v) is 4.27. The summed E-state index contributed by atoms with van der Waals surface area (Å²) in [6.07, 6.45) is 5.71. The molecule has 1 aliphatic rings. The van der Waals surface area contributed by atoms with Crippen LogP contribution in [0, 0.1) is 0 Å². The number of methoxy groups -OCH3 is 1. The summed E-state index contributed by atoms with van der Waals surface area (Å²) in [5.41, 5.74) is 7.07. The summed E-state index contributed by atoms with van der Waals surface area (Å²) >= 11 is 7.24. The number of hydrogen-bond donors (Lipinski definition) is 1. The monoisotopic (exact) mass is 419 g/mol. The van der Waals surface area contributed by atoms with E-state index in [-0.39, 0.29) is 12.1 Å². The highest BCUT2D eigenvalue weighted by Crippen LogP contribution is 2.37. The fraction of sp³-hybridized carbons (Fsp3) is 0.625. The van der Waals surface area contributed by atoms with Crippen molar-refractivity contribution in [2.24, 2.45) is 5.73 Å². The molecule has 3 unspecified atom stereocenters. The average molecular weight is 421 g/mol. The van der Waals surface area contributed by atoms with Crippen molar-refractivity contribution >= 4 is 31.9 Å². The van der Waals surface area contributed by atoms with Crippen LogP contribution in [0.2, 0.25) is 0 Å². The molecule has 0 aromatic heterocycles. The maximum absolute atomic E-state index is 6.20. The molecule has 1 aromatic carbocycles. The Morgan fingerprint density at radius 2 is 1.86 bits per heavy atom. The number of ether oxygens (including phenoxy) is 2. The molecule has 1 aliphatic carbocycles. The van der Waals surface area contributed by atoms with Crippen molar-refractivity contribution in [1.82, 2.24) is 0 Å². The first-order chi connectivity index (χ1) is 9.99. The molecule has 21 heavy (non-hydrogen) atoms. The largest absolute Gasteiger partial charge is 0.488 e. The highest BCUT2D eigenvalue weighted by molar-refractivity contribution is 9.11. The summed E-state index contributed by atoms with van der Waals surface area (Å²) in [4.78, 5) is 0. The molecule has 0 bridgehead atoms. The van der Waals surface area contributed by atoms with E-state index in [1.807, 2.05) is 6.92 Å². The van der Waals surface area contributed by atoms with Gasteiger partial charge in [0.15, 0.2) is 0 Å². The molecular weight excluding hydrogens is 398 g/mol. The Kier molecular flexibility index (Phi) is 6.53. The van der Waals surface area contributed by atoms with E-state index < -0.39 is 0 Å². The van der Waals surface area contributed by atoms with Crippen LogP contribution in [0.1, 0.15) is 38.2 Å². The third-order valence-electron chi connectivity index (χ3n) is 3.81. The van der Waals surface area contributed by atoms with E-state index in [4.69, 9.17) is 15.2 Å². The molecule has 3 nitrogen and oxygen atoms in total. The van der Waals surface area contributed by atoms with Crippen molar-refractivity contribution in [2.75, 3.05) is 7.11 Å². The van der Waals surface area contributed by atoms with Crippen LogP contribution in [0.4, 0.5) is 0 Å². The third kappa shape index (κ3) is 4.95. The van der Waals surface area contributed by atoms with Gasteiger partial charge in [0.1, 0.15) is 11.9 Å². The molecule has 2 N–H and O–H groups in total. The molecule has 1 fully saturated rings. The van der Waals surface area contributed by atoms with Crippen LogP contribution >= 0.6 is 31.9 Å². The lowest BCUT2D eigenvalue weighted by Gasteiger charge is -2.29. The second kappa shape index (κ2) is 7.95. The van der Waals surface area contributed by atoms with Crippen LogP contribution in [-0.2, 0) is 11.2 Å². The molecular formula is C16H23Br2NO2. The molecule has 0 saturated heterocycles. The van der Waals surface area contributed by atoms with Gasteiger partial charge >= 0.3 is 0 Å². The van der Waals surface area contributed by atoms with Crippen molar-refractivity contribution in [3.63, 3.8) is 0 Å². The Balaban J connectivity index is 2.09. The molecule has 2 rings (SSSR count). The van der Waals surface area contributed by atoms with Gasteiger partial charge in [-0.3, -0.25) is 0 Å². The first-order valence-electron chi connectivity index (χ1n) is 7.42. The van der Waals surface area contributed by atoms with Crippen LogP contribution in [0.3, 0.4) is 0 Å². The van der Waals surface area contributed by atoms with Gasteiger partial charge in [-0.2, -0.15) is 0 Å². The average Bonchev–Trinajstić information content (AvgIpc) is 2.42. The molecule has 1 saturated carbocycles. The summed E-state index contributed by atoms with van der Waals surface area (Å²) in [6.45, 7) is 2.01. The Hall–Kier alpha value is -0.100. The Labute approximate surface area is 143 Å². The predicted molar refractivity (Wildman–Crippen MR) is 92.9 cm³/mol. The number of benzene rings is 1. The van der Waals surface area contributed by atoms with Gasteiger partial charge < -0.3 is 15.2 Å². The van der Waals surface area contributed by atoms with E-state index in [1.54, 1.807) is 7.11 Å². The summed E-state index contributed by atoms with van der Waals surface area (Å²) < 4.78 is 13.6. The molecule has 118 valence electrons. The van der Waals surface area contributed by atoms with E-state index >= 15 is 0 Å². The van der Waals surface area contributed by atoms with E-state index in [0.717, 1.165) is 46.8 Å². The first kappa shape index (κ1) is 17.3. The molecule has 0 aliphatic heterocycles. The zero-order valence-electron chi connectivity index (χ0n) is 12.6. The summed E-state index contributed by atoms with van der Waals surface area (Å²) in [7, 11) is 1.78. The lowest BCUT2D eigenvalue weighted by atomic mass is 9.95. The van der Waals surface area contributed by atoms with Gasteiger partial charge in [-0.15, -0.1) is 0 Å². The van der Waals surface area contributed by atoms with E-state index in [1.165, 1.54) is 5.56 Å². The lowest BCUT2D eigenvalue weighted by molar-refractivity contribution is 0.0205. The molecule has 0 radical (unpaired) electrons. The van der Waals surface area contributed by atoms with Gasteiger partial charge in [-0.1, -0.05) is 0 Å². The topological polar surface area (TPSA) is 44.5 Å². The summed E-state index contributed by atoms with van der Waals surface area (Å²) in [5.74, 6) is 0.880. The third-order valence-corrected chi connectivity index (χ3v) is 4.99. The van der Waals surface area contributed by atoms with Crippen molar-refractivity contribution in [3.05, 3.63) is 26.6 Å². The molecule has 5 heteroatoms. The van der Waals surface area contributed by atoms with Crippen LogP contribution in [0.25, 0.3) is 0 Å². The maximum Gasteiger partial charge on any atom is 0.148 e. The zero-order valence-corrected chi connectivity index (χ0v) is 15.7. The second-order valence-corrected chi connectivity index (χ2v) is 7.54. The number of hydrogen-bond acceptors (Lipinski definition) is 3. The minimum absolute atomic E-state index is 0.149. The van der Waals surface area contributed by atoms with Gasteiger partial charge in [-0.25, -0.2) is 0 Å². The molecule has 0 spiro atoms. The van der Waals surface area contributed by atoms with Crippen molar-refractivity contribution in [2.45, 2.75) is 57.3 Å². The van der Waals surface area contributed by atoms with Crippen LogP contribution in [-0.4, -0.2) is 25.4 Å². The molecule has 0 amide bonds. The molecule has 1 aromatic rings. The van der Waals surface area contributed by atoms with Gasteiger partial charge in [0.2, 0.25) is 0 Å². The fourth-order valence-electron chi connectivity index (χ4n) is 2.80. The SMILES string of the molecule is COC1CCCC(Oc2c(Br)cc(CC(C)N)cc2Br)C1. The number of nitrogens with two attached hydrogens (primary N) is 1. The summed E-state index contributed by atoms with van der Waals surface area (Å²) in [6, 6.07) is 4.34. The highest BCUT2D eigenvalue weighted by atomic mass is 79.9. The van der Waals surface area contributed by atoms with Crippen LogP contribution in [0.15, 0.2) is 21.1 Å². The minimum Gasteiger partial charge on any atom is -0.488 e. The quantitative estimate of drug-likeness (QED) is 0.765. The smallest absolute Gasteiger partial charge is 0.148 e. The van der Waals surface area contributed by atoms with Gasteiger partial charge in [0.05, 0.1) is 15.0 Å². The lowest BCUT2D eigenvalue weighted by Crippen LogP contribution is -2.29. The number of rotatable bonds is 5. The standard InChI is InChI=1S/C16H23Br2NO2/c1-10(19)6-11-7-14(17)16(15(18)8-11)21-13-5-3-4-12(9-13)20-2/h7-8,10,12-13H,3-6,9,19H2,1-2H3. The van der Waals surface area contributed by atoms with Crippen molar-refractivity contribution < 1.29 is 9.47 Å². The Morgan fingerprint density at radius 3 is 2.43 bits per heavy atom. The van der Waals surface area contributed by atoms with Gasteiger partial charge in [-0.05, 0) is 82.2 Å². The van der Waals surface area contributed by atoms with Gasteiger partial charge in [0, 0.05) is 19.6 Å². The van der Waals surface area contributed by atoms with E-state index in [0.29, 0.717) is 6.10 Å². The molecule has 0 heterocycles. The second-order valence-electron chi connectivity index (χ2n) is 5.83. The first-order valence-corrected chi connectivity index (χ1v) is 9.01. The zero-order chi connectivity index (χ0) is 15.4. The Bertz CT molecular complexity index is 456.